The van der Waals surface area contributed by atoms with Gasteiger partial charge in [0.05, 0.1) is 12.7 Å². The van der Waals surface area contributed by atoms with Gasteiger partial charge in [0.25, 0.3) is 0 Å². The Morgan fingerprint density at radius 1 is 1.00 bits per heavy atom. The Hall–Kier alpha value is -1.77. The van der Waals surface area contributed by atoms with E-state index in [-0.39, 0.29) is 17.4 Å². The van der Waals surface area contributed by atoms with E-state index in [9.17, 15) is 9.90 Å². The summed E-state index contributed by atoms with van der Waals surface area (Å²) in [7, 11) is 1.74. The minimum Gasteiger partial charge on any atom is -0.393 e. The van der Waals surface area contributed by atoms with Crippen LogP contribution in [0.1, 0.15) is 96.5 Å². The average molecular weight is 544 g/mol. The van der Waals surface area contributed by atoms with Crippen LogP contribution in [0.4, 0.5) is 5.82 Å². The zero-order valence-corrected chi connectivity index (χ0v) is 25.0. The molecule has 3 aliphatic rings. The number of nitrogens with zero attached hydrogens (tertiary/aromatic N) is 4. The number of carbonyl (C=O) groups excluding carboxylic acids is 1. The summed E-state index contributed by atoms with van der Waals surface area (Å²) in [5.74, 6) is 3.42. The van der Waals surface area contributed by atoms with E-state index in [1.54, 1.807) is 7.11 Å². The molecular formula is C31H53N5O3. The number of rotatable bonds is 10. The number of piperazine rings is 1. The lowest BCUT2D eigenvalue weighted by molar-refractivity contribution is -0.123. The highest BCUT2D eigenvalue weighted by atomic mass is 16.5. The average Bonchev–Trinajstić information content (AvgIpc) is 2.92. The molecule has 0 aromatic carbocycles. The first-order valence-corrected chi connectivity index (χ1v) is 15.5. The maximum absolute atomic E-state index is 12.5. The van der Waals surface area contributed by atoms with Crippen molar-refractivity contribution in [3.05, 3.63) is 17.6 Å². The van der Waals surface area contributed by atoms with E-state index in [0.29, 0.717) is 25.0 Å². The quantitative estimate of drug-likeness (QED) is 0.459. The van der Waals surface area contributed by atoms with Gasteiger partial charge in [0, 0.05) is 69.3 Å². The Balaban J connectivity index is 1.16. The van der Waals surface area contributed by atoms with Gasteiger partial charge in [-0.2, -0.15) is 0 Å². The van der Waals surface area contributed by atoms with E-state index in [4.69, 9.17) is 14.7 Å². The standard InChI is InChI=1S/C31H53N5O3/c1-31(2,3)30-33-26(14-20-39-4)22-28(34-30)36-18-16-35(17-19-36)15-13-23-5-9-25(10-6-23)32-29(38)21-24-7-11-27(37)12-8-24/h22-25,27,37H,5-21H2,1-4H3,(H,32,38). The largest absolute Gasteiger partial charge is 0.393 e. The molecule has 2 heterocycles. The van der Waals surface area contributed by atoms with Gasteiger partial charge < -0.3 is 20.1 Å². The van der Waals surface area contributed by atoms with Gasteiger partial charge >= 0.3 is 0 Å². The van der Waals surface area contributed by atoms with Crippen LogP contribution in [0.3, 0.4) is 0 Å². The highest BCUT2D eigenvalue weighted by Crippen LogP contribution is 2.30. The third kappa shape index (κ3) is 9.39. The number of aromatic nitrogens is 2. The van der Waals surface area contributed by atoms with Gasteiger partial charge in [-0.25, -0.2) is 9.97 Å². The number of ether oxygens (including phenoxy) is 1. The van der Waals surface area contributed by atoms with Crippen molar-refractivity contribution in [2.45, 2.75) is 109 Å². The summed E-state index contributed by atoms with van der Waals surface area (Å²) in [6.45, 7) is 12.5. The Morgan fingerprint density at radius 2 is 1.67 bits per heavy atom. The molecule has 0 atom stereocenters. The van der Waals surface area contributed by atoms with Gasteiger partial charge in [-0.1, -0.05) is 20.8 Å². The highest BCUT2D eigenvalue weighted by Gasteiger charge is 2.27. The summed E-state index contributed by atoms with van der Waals surface area (Å²) in [5.41, 5.74) is 0.983. The number of nitrogens with one attached hydrogen (secondary N) is 1. The number of aliphatic hydroxyl groups excluding tert-OH is 1. The topological polar surface area (TPSA) is 90.8 Å². The smallest absolute Gasteiger partial charge is 0.220 e. The minimum atomic E-state index is -0.150. The molecule has 1 aromatic rings. The first kappa shape index (κ1) is 30.2. The molecule has 1 aliphatic heterocycles. The number of methoxy groups -OCH3 is 1. The molecule has 0 unspecified atom stereocenters. The minimum absolute atomic E-state index is 0.0820. The predicted octanol–water partition coefficient (Wildman–Crippen LogP) is 4.09. The molecule has 1 saturated heterocycles. The van der Waals surface area contributed by atoms with Gasteiger partial charge in [0.1, 0.15) is 11.6 Å². The van der Waals surface area contributed by atoms with Crippen LogP contribution in [0, 0.1) is 11.8 Å². The van der Waals surface area contributed by atoms with Crippen LogP contribution in [0.2, 0.25) is 0 Å². The molecule has 0 spiro atoms. The van der Waals surface area contributed by atoms with Crippen molar-refractivity contribution in [3.8, 4) is 0 Å². The molecule has 8 nitrogen and oxygen atoms in total. The number of anilines is 1. The molecule has 220 valence electrons. The van der Waals surface area contributed by atoms with Crippen LogP contribution in [-0.2, 0) is 21.4 Å². The summed E-state index contributed by atoms with van der Waals surface area (Å²) in [4.78, 5) is 27.4. The SMILES string of the molecule is COCCc1cc(N2CCN(CCC3CCC(NC(=O)CC4CCC(O)CC4)CC3)CC2)nc(C(C)(C)C)n1. The molecule has 0 bridgehead atoms. The first-order chi connectivity index (χ1) is 18.7. The summed E-state index contributed by atoms with van der Waals surface area (Å²) in [5, 5.41) is 13.0. The van der Waals surface area contributed by atoms with Crippen LogP contribution < -0.4 is 10.2 Å². The van der Waals surface area contributed by atoms with Crippen LogP contribution in [0.15, 0.2) is 6.07 Å². The maximum Gasteiger partial charge on any atom is 0.220 e. The van der Waals surface area contributed by atoms with E-state index in [0.717, 1.165) is 94.4 Å². The van der Waals surface area contributed by atoms with Crippen molar-refractivity contribution in [2.24, 2.45) is 11.8 Å². The van der Waals surface area contributed by atoms with Crippen molar-refractivity contribution in [1.29, 1.82) is 0 Å². The molecule has 2 N–H and O–H groups in total. The number of hydrogen-bond donors (Lipinski definition) is 2. The highest BCUT2D eigenvalue weighted by molar-refractivity contribution is 5.76. The zero-order chi connectivity index (χ0) is 27.8. The number of amides is 1. The Morgan fingerprint density at radius 3 is 2.31 bits per heavy atom. The molecular weight excluding hydrogens is 490 g/mol. The lowest BCUT2D eigenvalue weighted by atomic mass is 9.83. The Bertz CT molecular complexity index is 896. The van der Waals surface area contributed by atoms with Crippen LogP contribution in [0.5, 0.6) is 0 Å². The van der Waals surface area contributed by atoms with E-state index in [1.165, 1.54) is 25.8 Å². The fourth-order valence-electron chi connectivity index (χ4n) is 6.37. The Kier molecular flexibility index (Phi) is 11.0. The van der Waals surface area contributed by atoms with Gasteiger partial charge in [-0.3, -0.25) is 9.69 Å². The molecule has 4 rings (SSSR count). The van der Waals surface area contributed by atoms with Crippen LogP contribution in [-0.4, -0.2) is 84.5 Å². The third-order valence-corrected chi connectivity index (χ3v) is 9.05. The van der Waals surface area contributed by atoms with Crippen molar-refractivity contribution < 1.29 is 14.6 Å². The summed E-state index contributed by atoms with van der Waals surface area (Å²) in [6, 6.07) is 2.51. The summed E-state index contributed by atoms with van der Waals surface area (Å²) >= 11 is 0. The van der Waals surface area contributed by atoms with Gasteiger partial charge in [-0.15, -0.1) is 0 Å². The third-order valence-electron chi connectivity index (χ3n) is 9.05. The fourth-order valence-corrected chi connectivity index (χ4v) is 6.37. The van der Waals surface area contributed by atoms with E-state index < -0.39 is 0 Å². The Labute approximate surface area is 236 Å². The zero-order valence-electron chi connectivity index (χ0n) is 25.0. The normalized spacial score (nSPS) is 26.9. The lowest BCUT2D eigenvalue weighted by Crippen LogP contribution is -2.47. The second-order valence-corrected chi connectivity index (χ2v) is 13.3. The molecule has 0 radical (unpaired) electrons. The second-order valence-electron chi connectivity index (χ2n) is 13.3. The van der Waals surface area contributed by atoms with Crippen LogP contribution in [0.25, 0.3) is 0 Å². The second kappa shape index (κ2) is 14.2. The van der Waals surface area contributed by atoms with Crippen molar-refractivity contribution in [3.63, 3.8) is 0 Å². The molecule has 39 heavy (non-hydrogen) atoms. The molecule has 8 heteroatoms. The number of hydrogen-bond acceptors (Lipinski definition) is 7. The van der Waals surface area contributed by atoms with Crippen molar-refractivity contribution in [1.82, 2.24) is 20.2 Å². The van der Waals surface area contributed by atoms with E-state index in [1.807, 2.05) is 0 Å². The summed E-state index contributed by atoms with van der Waals surface area (Å²) in [6.07, 6.45) is 10.9. The van der Waals surface area contributed by atoms with Gasteiger partial charge in [-0.05, 0) is 76.2 Å². The van der Waals surface area contributed by atoms with Crippen LogP contribution >= 0.6 is 0 Å². The van der Waals surface area contributed by atoms with Gasteiger partial charge in [0.15, 0.2) is 0 Å². The van der Waals surface area contributed by atoms with Gasteiger partial charge in [0.2, 0.25) is 5.91 Å². The number of carbonyl (C=O) groups is 1. The first-order valence-electron chi connectivity index (χ1n) is 15.5. The molecule has 2 aliphatic carbocycles. The van der Waals surface area contributed by atoms with Crippen molar-refractivity contribution >= 4 is 11.7 Å². The molecule has 2 saturated carbocycles. The van der Waals surface area contributed by atoms with Crippen molar-refractivity contribution in [2.75, 3.05) is 51.3 Å². The maximum atomic E-state index is 12.5. The summed E-state index contributed by atoms with van der Waals surface area (Å²) < 4.78 is 5.29. The lowest BCUT2D eigenvalue weighted by Gasteiger charge is -2.37. The predicted molar refractivity (Wildman–Crippen MR) is 156 cm³/mol. The van der Waals surface area contributed by atoms with E-state index in [2.05, 4.69) is 42.0 Å². The fraction of sp³-hybridized carbons (Fsp3) is 0.839. The molecule has 1 aromatic heterocycles. The van der Waals surface area contributed by atoms with E-state index >= 15 is 0 Å². The molecule has 1 amide bonds. The number of aliphatic hydroxyl groups is 1. The monoisotopic (exact) mass is 543 g/mol. The molecule has 3 fully saturated rings.